The number of carboxylic acids is 1. The first kappa shape index (κ1) is 14.4. The average molecular weight is 269 g/mol. The normalized spacial score (nSPS) is 10.7. The third kappa shape index (κ3) is 5.60. The molecule has 1 aromatic heterocycles. The minimum Gasteiger partial charge on any atom is -0.478 e. The highest BCUT2D eigenvalue weighted by Gasteiger charge is 2.02. The summed E-state index contributed by atoms with van der Waals surface area (Å²) in [5, 5.41) is 11.3. The number of ether oxygens (including phenoxy) is 1. The van der Waals surface area contributed by atoms with Crippen LogP contribution in [0, 0.1) is 0 Å². The van der Waals surface area contributed by atoms with Crippen molar-refractivity contribution in [1.82, 2.24) is 5.32 Å². The molecule has 0 fully saturated rings. The Morgan fingerprint density at radius 1 is 1.50 bits per heavy atom. The molecule has 0 saturated heterocycles. The molecule has 0 unspecified atom stereocenters. The first-order valence-electron chi connectivity index (χ1n) is 5.37. The van der Waals surface area contributed by atoms with E-state index < -0.39 is 5.97 Å². The minimum atomic E-state index is -0.974. The Balaban J connectivity index is 2.39. The fourth-order valence-corrected chi connectivity index (χ4v) is 2.06. The summed E-state index contributed by atoms with van der Waals surface area (Å²) in [5.41, 5.74) is 0. The topological polar surface area (TPSA) is 75.6 Å². The fraction of sp³-hybridized carbons (Fsp3) is 0.333. The molecular formula is C12H15NO4S. The number of thiophene rings is 1. The van der Waals surface area contributed by atoms with Gasteiger partial charge in [-0.25, -0.2) is 4.79 Å². The first-order chi connectivity index (χ1) is 8.61. The Bertz CT molecular complexity index is 439. The van der Waals surface area contributed by atoms with E-state index in [1.165, 1.54) is 17.4 Å². The smallest absolute Gasteiger partial charge is 0.328 e. The van der Waals surface area contributed by atoms with E-state index in [0.717, 1.165) is 15.8 Å². The summed E-state index contributed by atoms with van der Waals surface area (Å²) in [6.45, 7) is 0.858. The predicted molar refractivity (Wildman–Crippen MR) is 69.3 cm³/mol. The molecule has 1 rings (SSSR count). The van der Waals surface area contributed by atoms with Crippen LogP contribution >= 0.6 is 11.3 Å². The first-order valence-corrected chi connectivity index (χ1v) is 6.19. The highest BCUT2D eigenvalue weighted by molar-refractivity contribution is 7.12. The second-order valence-corrected chi connectivity index (χ2v) is 4.70. The van der Waals surface area contributed by atoms with E-state index in [4.69, 9.17) is 9.84 Å². The number of carboxylic acid groups (broad SMARTS) is 1. The number of hydrogen-bond donors (Lipinski definition) is 2. The number of methoxy groups -OCH3 is 1. The molecule has 1 amide bonds. The number of carbonyl (C=O) groups excluding carboxylic acids is 1. The van der Waals surface area contributed by atoms with E-state index in [1.54, 1.807) is 7.11 Å². The fourth-order valence-electron chi connectivity index (χ4n) is 1.20. The average Bonchev–Trinajstić information content (AvgIpc) is 2.79. The molecule has 1 heterocycles. The van der Waals surface area contributed by atoms with Gasteiger partial charge >= 0.3 is 5.97 Å². The number of amides is 1. The van der Waals surface area contributed by atoms with Crippen LogP contribution in [0.5, 0.6) is 0 Å². The van der Waals surface area contributed by atoms with Crippen LogP contribution < -0.4 is 5.32 Å². The number of aliphatic carboxylic acids is 1. The van der Waals surface area contributed by atoms with E-state index in [2.05, 4.69) is 5.32 Å². The molecule has 0 aliphatic rings. The quantitative estimate of drug-likeness (QED) is 0.735. The molecule has 0 saturated carbocycles. The standard InChI is InChI=1S/C12H15NO4S/c1-17-7-6-11(14)13-8-10-3-2-9(18-10)4-5-12(15)16/h2-5H,6-8H2,1H3,(H,13,14)(H,15,16). The molecule has 0 bridgehead atoms. The summed E-state index contributed by atoms with van der Waals surface area (Å²) in [4.78, 5) is 23.5. The van der Waals surface area contributed by atoms with Crippen molar-refractivity contribution in [3.8, 4) is 0 Å². The zero-order valence-corrected chi connectivity index (χ0v) is 10.8. The molecule has 2 N–H and O–H groups in total. The Morgan fingerprint density at radius 2 is 2.28 bits per heavy atom. The molecule has 18 heavy (non-hydrogen) atoms. The number of hydrogen-bond acceptors (Lipinski definition) is 4. The van der Waals surface area contributed by atoms with Crippen LogP contribution in [-0.2, 0) is 20.9 Å². The van der Waals surface area contributed by atoms with E-state index in [9.17, 15) is 9.59 Å². The van der Waals surface area contributed by atoms with Gasteiger partial charge in [-0.2, -0.15) is 0 Å². The van der Waals surface area contributed by atoms with Crippen molar-refractivity contribution >= 4 is 29.3 Å². The van der Waals surface area contributed by atoms with Crippen LogP contribution in [0.2, 0.25) is 0 Å². The lowest BCUT2D eigenvalue weighted by Gasteiger charge is -2.02. The third-order valence-corrected chi connectivity index (χ3v) is 3.12. The Kier molecular flexibility index (Phi) is 6.10. The monoisotopic (exact) mass is 269 g/mol. The van der Waals surface area contributed by atoms with Gasteiger partial charge in [0.25, 0.3) is 0 Å². The molecular weight excluding hydrogens is 254 g/mol. The Morgan fingerprint density at radius 3 is 2.94 bits per heavy atom. The van der Waals surface area contributed by atoms with Gasteiger partial charge in [0.2, 0.25) is 5.91 Å². The molecule has 0 aliphatic carbocycles. The highest BCUT2D eigenvalue weighted by atomic mass is 32.1. The van der Waals surface area contributed by atoms with Crippen molar-refractivity contribution in [2.24, 2.45) is 0 Å². The minimum absolute atomic E-state index is 0.0621. The van der Waals surface area contributed by atoms with Gasteiger partial charge in [0.05, 0.1) is 13.2 Å². The van der Waals surface area contributed by atoms with E-state index in [1.807, 2.05) is 12.1 Å². The second-order valence-electron chi connectivity index (χ2n) is 3.50. The lowest BCUT2D eigenvalue weighted by atomic mass is 10.3. The summed E-state index contributed by atoms with van der Waals surface area (Å²) in [7, 11) is 1.55. The van der Waals surface area contributed by atoms with Gasteiger partial charge in [-0.3, -0.25) is 4.79 Å². The van der Waals surface area contributed by atoms with Gasteiger partial charge < -0.3 is 15.2 Å². The van der Waals surface area contributed by atoms with Crippen LogP contribution in [0.25, 0.3) is 6.08 Å². The largest absolute Gasteiger partial charge is 0.478 e. The van der Waals surface area contributed by atoms with Crippen molar-refractivity contribution < 1.29 is 19.4 Å². The molecule has 5 nitrogen and oxygen atoms in total. The summed E-state index contributed by atoms with van der Waals surface area (Å²) >= 11 is 1.44. The third-order valence-electron chi connectivity index (χ3n) is 2.07. The predicted octanol–water partition coefficient (Wildman–Crippen LogP) is 1.50. The maximum Gasteiger partial charge on any atom is 0.328 e. The summed E-state index contributed by atoms with van der Waals surface area (Å²) in [5.74, 6) is -1.04. The van der Waals surface area contributed by atoms with Crippen LogP contribution in [0.4, 0.5) is 0 Å². The van der Waals surface area contributed by atoms with Crippen LogP contribution in [-0.4, -0.2) is 30.7 Å². The van der Waals surface area contributed by atoms with Crippen LogP contribution in [0.1, 0.15) is 16.2 Å². The van der Waals surface area contributed by atoms with Gasteiger partial charge in [0.1, 0.15) is 0 Å². The van der Waals surface area contributed by atoms with Gasteiger partial charge in [-0.1, -0.05) is 0 Å². The Hall–Kier alpha value is -1.66. The zero-order valence-electron chi connectivity index (χ0n) is 10.0. The van der Waals surface area contributed by atoms with Crippen LogP contribution in [0.3, 0.4) is 0 Å². The van der Waals surface area contributed by atoms with Crippen molar-refractivity contribution in [1.29, 1.82) is 0 Å². The number of rotatable bonds is 7. The molecule has 0 spiro atoms. The molecule has 0 radical (unpaired) electrons. The summed E-state index contributed by atoms with van der Waals surface area (Å²) < 4.78 is 4.80. The molecule has 0 aromatic carbocycles. The molecule has 0 aliphatic heterocycles. The van der Waals surface area contributed by atoms with E-state index in [0.29, 0.717) is 19.6 Å². The van der Waals surface area contributed by atoms with Crippen molar-refractivity contribution in [3.05, 3.63) is 28.0 Å². The lowest BCUT2D eigenvalue weighted by molar-refractivity contribution is -0.131. The summed E-state index contributed by atoms with van der Waals surface area (Å²) in [6.07, 6.45) is 2.96. The second kappa shape index (κ2) is 7.62. The van der Waals surface area contributed by atoms with Crippen molar-refractivity contribution in [3.63, 3.8) is 0 Å². The van der Waals surface area contributed by atoms with Gasteiger partial charge in [-0.15, -0.1) is 11.3 Å². The Labute approximate surface area is 109 Å². The van der Waals surface area contributed by atoms with Gasteiger partial charge in [-0.05, 0) is 18.2 Å². The van der Waals surface area contributed by atoms with Crippen molar-refractivity contribution in [2.45, 2.75) is 13.0 Å². The summed E-state index contributed by atoms with van der Waals surface area (Å²) in [6, 6.07) is 3.68. The molecule has 98 valence electrons. The van der Waals surface area contributed by atoms with E-state index >= 15 is 0 Å². The molecule has 0 atom stereocenters. The maximum absolute atomic E-state index is 11.3. The number of carbonyl (C=O) groups is 2. The maximum atomic E-state index is 11.3. The number of nitrogens with one attached hydrogen (secondary N) is 1. The zero-order chi connectivity index (χ0) is 13.4. The van der Waals surface area contributed by atoms with Gasteiger partial charge in [0.15, 0.2) is 0 Å². The SMILES string of the molecule is COCCC(=O)NCc1ccc(C=CC(=O)O)s1. The van der Waals surface area contributed by atoms with Crippen molar-refractivity contribution in [2.75, 3.05) is 13.7 Å². The highest BCUT2D eigenvalue weighted by Crippen LogP contribution is 2.17. The van der Waals surface area contributed by atoms with Gasteiger partial charge in [0, 0.05) is 29.4 Å². The molecule has 1 aromatic rings. The van der Waals surface area contributed by atoms with Crippen LogP contribution in [0.15, 0.2) is 18.2 Å². The molecule has 6 heteroatoms. The van der Waals surface area contributed by atoms with E-state index in [-0.39, 0.29) is 5.91 Å². The lowest BCUT2D eigenvalue weighted by Crippen LogP contribution is -2.23.